The molecule has 0 unspecified atom stereocenters. The van der Waals surface area contributed by atoms with Crippen molar-refractivity contribution in [3.63, 3.8) is 0 Å². The summed E-state index contributed by atoms with van der Waals surface area (Å²) in [6, 6.07) is 3.55. The van der Waals surface area contributed by atoms with Crippen molar-refractivity contribution in [2.75, 3.05) is 24.5 Å². The van der Waals surface area contributed by atoms with E-state index in [0.29, 0.717) is 18.7 Å². The molecule has 1 aromatic rings. The molecule has 0 bridgehead atoms. The molecule has 22 heavy (non-hydrogen) atoms. The third-order valence-corrected chi connectivity index (χ3v) is 4.97. The Morgan fingerprint density at radius 1 is 1.50 bits per heavy atom. The van der Waals surface area contributed by atoms with E-state index in [-0.39, 0.29) is 11.8 Å². The molecule has 1 saturated carbocycles. The lowest BCUT2D eigenvalue weighted by Gasteiger charge is -2.23. The van der Waals surface area contributed by atoms with Crippen LogP contribution >= 0.6 is 0 Å². The van der Waals surface area contributed by atoms with Gasteiger partial charge in [0.05, 0.1) is 11.0 Å². The minimum Gasteiger partial charge on any atom is -0.481 e. The Morgan fingerprint density at radius 3 is 2.91 bits per heavy atom. The molecule has 6 heteroatoms. The first-order valence-electron chi connectivity index (χ1n) is 7.79. The predicted octanol–water partition coefficient (Wildman–Crippen LogP) is 1.52. The van der Waals surface area contributed by atoms with Crippen molar-refractivity contribution in [3.8, 4) is 0 Å². The van der Waals surface area contributed by atoms with E-state index in [9.17, 15) is 14.7 Å². The minimum absolute atomic E-state index is 0.137. The maximum absolute atomic E-state index is 11.7. The van der Waals surface area contributed by atoms with Crippen molar-refractivity contribution < 1.29 is 14.7 Å². The van der Waals surface area contributed by atoms with Crippen LogP contribution in [-0.2, 0) is 4.79 Å². The summed E-state index contributed by atoms with van der Waals surface area (Å²) in [7, 11) is 0. The maximum Gasteiger partial charge on any atom is 0.311 e. The van der Waals surface area contributed by atoms with Crippen LogP contribution in [0.25, 0.3) is 0 Å². The number of carbonyl (C=O) groups excluding carboxylic acids is 1. The van der Waals surface area contributed by atoms with Gasteiger partial charge in [-0.25, -0.2) is 4.98 Å². The van der Waals surface area contributed by atoms with E-state index in [1.807, 2.05) is 11.8 Å². The Morgan fingerprint density at radius 2 is 2.32 bits per heavy atom. The van der Waals surface area contributed by atoms with E-state index < -0.39 is 11.4 Å². The molecule has 0 spiro atoms. The Balaban J connectivity index is 1.76. The number of carbonyl (C=O) groups is 2. The normalized spacial score (nSPS) is 26.8. The lowest BCUT2D eigenvalue weighted by Crippen LogP contribution is -2.35. The molecule has 0 aromatic carbocycles. The fourth-order valence-electron chi connectivity index (χ4n) is 3.78. The zero-order valence-corrected chi connectivity index (χ0v) is 12.7. The van der Waals surface area contributed by atoms with Crippen LogP contribution in [0, 0.1) is 11.3 Å². The molecule has 6 nitrogen and oxygen atoms in total. The lowest BCUT2D eigenvalue weighted by molar-refractivity contribution is -0.149. The maximum atomic E-state index is 11.7. The van der Waals surface area contributed by atoms with Gasteiger partial charge in [0.25, 0.3) is 5.91 Å². The summed E-state index contributed by atoms with van der Waals surface area (Å²) in [5, 5.41) is 12.3. The molecule has 3 rings (SSSR count). The molecule has 1 amide bonds. The van der Waals surface area contributed by atoms with Crippen LogP contribution in [-0.4, -0.2) is 41.6 Å². The summed E-state index contributed by atoms with van der Waals surface area (Å²) in [6.07, 6.45) is 4.27. The number of aromatic nitrogens is 1. The van der Waals surface area contributed by atoms with Gasteiger partial charge in [-0.05, 0) is 37.8 Å². The van der Waals surface area contributed by atoms with Crippen LogP contribution in [0.1, 0.15) is 36.5 Å². The third kappa shape index (κ3) is 2.32. The molecule has 1 saturated heterocycles. The lowest BCUT2D eigenvalue weighted by atomic mass is 9.81. The first-order chi connectivity index (χ1) is 10.6. The van der Waals surface area contributed by atoms with Gasteiger partial charge in [0.15, 0.2) is 0 Å². The van der Waals surface area contributed by atoms with Gasteiger partial charge in [0.2, 0.25) is 0 Å². The molecule has 0 radical (unpaired) electrons. The molecule has 2 N–H and O–H groups in total. The highest BCUT2D eigenvalue weighted by atomic mass is 16.4. The molecule has 1 aromatic heterocycles. The molecule has 2 fully saturated rings. The van der Waals surface area contributed by atoms with E-state index in [1.54, 1.807) is 18.3 Å². The van der Waals surface area contributed by atoms with Crippen LogP contribution < -0.4 is 10.2 Å². The highest BCUT2D eigenvalue weighted by molar-refractivity contribution is 5.94. The van der Waals surface area contributed by atoms with Gasteiger partial charge in [-0.15, -0.1) is 0 Å². The largest absolute Gasteiger partial charge is 0.481 e. The Bertz CT molecular complexity index is 587. The average molecular weight is 303 g/mol. The molecule has 2 atom stereocenters. The van der Waals surface area contributed by atoms with Crippen molar-refractivity contribution in [3.05, 3.63) is 23.9 Å². The van der Waals surface area contributed by atoms with Gasteiger partial charge >= 0.3 is 5.97 Å². The van der Waals surface area contributed by atoms with Crippen molar-refractivity contribution >= 4 is 17.7 Å². The van der Waals surface area contributed by atoms with Crippen LogP contribution in [0.4, 0.5) is 5.82 Å². The number of hydrogen-bond donors (Lipinski definition) is 2. The molecule has 2 heterocycles. The number of fused-ring (bicyclic) bond motifs is 1. The number of hydrogen-bond acceptors (Lipinski definition) is 4. The van der Waals surface area contributed by atoms with Crippen LogP contribution in [0.3, 0.4) is 0 Å². The number of carboxylic acid groups (broad SMARTS) is 1. The third-order valence-electron chi connectivity index (χ3n) is 4.97. The standard InChI is InChI=1S/C16H21N3O3/c1-2-17-14(20)11-5-6-13(18-8-11)19-9-12-4-3-7-16(12,10-19)15(21)22/h5-6,8,12H,2-4,7,9-10H2,1H3,(H,17,20)(H,21,22)/t12-,16+/m0/s1. The van der Waals surface area contributed by atoms with Crippen molar-refractivity contribution in [2.24, 2.45) is 11.3 Å². The fourth-order valence-corrected chi connectivity index (χ4v) is 3.78. The molecule has 2 aliphatic rings. The van der Waals surface area contributed by atoms with E-state index >= 15 is 0 Å². The number of aliphatic carboxylic acids is 1. The fraction of sp³-hybridized carbons (Fsp3) is 0.562. The van der Waals surface area contributed by atoms with E-state index in [2.05, 4.69) is 10.3 Å². The van der Waals surface area contributed by atoms with E-state index in [4.69, 9.17) is 0 Å². The topological polar surface area (TPSA) is 82.5 Å². The van der Waals surface area contributed by atoms with Crippen LogP contribution in [0.15, 0.2) is 18.3 Å². The SMILES string of the molecule is CCNC(=O)c1ccc(N2C[C@@H]3CCC[C@@]3(C(=O)O)C2)nc1. The summed E-state index contributed by atoms with van der Waals surface area (Å²) in [4.78, 5) is 29.8. The van der Waals surface area contributed by atoms with Gasteiger partial charge in [0, 0.05) is 25.8 Å². The molecular formula is C16H21N3O3. The molecule has 118 valence electrons. The van der Waals surface area contributed by atoms with Gasteiger partial charge in [0.1, 0.15) is 5.82 Å². The van der Waals surface area contributed by atoms with Gasteiger partial charge < -0.3 is 15.3 Å². The Hall–Kier alpha value is -2.11. The summed E-state index contributed by atoms with van der Waals surface area (Å²) < 4.78 is 0. The van der Waals surface area contributed by atoms with E-state index in [0.717, 1.165) is 31.6 Å². The second kappa shape index (κ2) is 5.59. The number of anilines is 1. The molecule has 1 aliphatic heterocycles. The van der Waals surface area contributed by atoms with E-state index in [1.165, 1.54) is 0 Å². The highest BCUT2D eigenvalue weighted by Crippen LogP contribution is 2.49. The first kappa shape index (κ1) is 14.8. The number of pyridine rings is 1. The quantitative estimate of drug-likeness (QED) is 0.881. The number of carboxylic acids is 1. The first-order valence-corrected chi connectivity index (χ1v) is 7.79. The monoisotopic (exact) mass is 303 g/mol. The Kier molecular flexibility index (Phi) is 3.76. The zero-order valence-electron chi connectivity index (χ0n) is 12.7. The predicted molar refractivity (Wildman–Crippen MR) is 81.9 cm³/mol. The van der Waals surface area contributed by atoms with Crippen LogP contribution in [0.5, 0.6) is 0 Å². The number of nitrogens with one attached hydrogen (secondary N) is 1. The molecular weight excluding hydrogens is 282 g/mol. The van der Waals surface area contributed by atoms with Gasteiger partial charge in [-0.1, -0.05) is 6.42 Å². The minimum atomic E-state index is -0.684. The van der Waals surface area contributed by atoms with Crippen molar-refractivity contribution in [2.45, 2.75) is 26.2 Å². The Labute approximate surface area is 129 Å². The van der Waals surface area contributed by atoms with Crippen LogP contribution in [0.2, 0.25) is 0 Å². The second-order valence-electron chi connectivity index (χ2n) is 6.20. The number of rotatable bonds is 4. The summed E-state index contributed by atoms with van der Waals surface area (Å²) in [5.41, 5.74) is -0.0853. The average Bonchev–Trinajstić information content (AvgIpc) is 3.05. The molecule has 1 aliphatic carbocycles. The summed E-state index contributed by atoms with van der Waals surface area (Å²) in [5.74, 6) is 0.135. The van der Waals surface area contributed by atoms with Gasteiger partial charge in [-0.2, -0.15) is 0 Å². The second-order valence-corrected chi connectivity index (χ2v) is 6.20. The zero-order chi connectivity index (χ0) is 15.7. The van der Waals surface area contributed by atoms with Crippen molar-refractivity contribution in [1.29, 1.82) is 0 Å². The van der Waals surface area contributed by atoms with Gasteiger partial charge in [-0.3, -0.25) is 9.59 Å². The van der Waals surface area contributed by atoms with Crippen molar-refractivity contribution in [1.82, 2.24) is 10.3 Å². The summed E-state index contributed by atoms with van der Waals surface area (Å²) >= 11 is 0. The number of amides is 1. The summed E-state index contributed by atoms with van der Waals surface area (Å²) in [6.45, 7) is 3.70. The highest BCUT2D eigenvalue weighted by Gasteiger charge is 2.55. The number of nitrogens with zero attached hydrogens (tertiary/aromatic N) is 2. The smallest absolute Gasteiger partial charge is 0.311 e.